The molecule has 1 aliphatic heterocycles. The predicted molar refractivity (Wildman–Crippen MR) is 22.2 cm³/mol. The van der Waals surface area contributed by atoms with Crippen molar-refractivity contribution in [1.29, 1.82) is 0 Å². The number of hydrogen-bond donors (Lipinski definition) is 0. The van der Waals surface area contributed by atoms with Gasteiger partial charge in [0.25, 0.3) is 0 Å². The van der Waals surface area contributed by atoms with Crippen LogP contribution in [-0.2, 0) is 8.14 Å². The third-order valence-corrected chi connectivity index (χ3v) is 2.40. The molecule has 0 saturated carbocycles. The Morgan fingerprint density at radius 2 is 2.50 bits per heavy atom. The van der Waals surface area contributed by atoms with E-state index in [0.717, 1.165) is 6.61 Å². The minimum absolute atomic E-state index is 0.150. The molecule has 0 unspecified atom stereocenters. The van der Waals surface area contributed by atoms with Crippen LogP contribution in [0.2, 0.25) is 4.47 Å². The molecule has 0 aromatic heterocycles. The van der Waals surface area contributed by atoms with E-state index < -0.39 is 0 Å². The molecule has 0 aromatic carbocycles. The van der Waals surface area contributed by atoms with Crippen molar-refractivity contribution in [3.63, 3.8) is 0 Å². The van der Waals surface area contributed by atoms with Crippen LogP contribution in [-0.4, -0.2) is 27.9 Å². The summed E-state index contributed by atoms with van der Waals surface area (Å²) in [6.45, 7) is 0.810. The summed E-state index contributed by atoms with van der Waals surface area (Å²) in [6.07, 6.45) is 1.21. The third kappa shape index (κ3) is 1.44. The Morgan fingerprint density at radius 1 is 1.50 bits per heavy atom. The van der Waals surface area contributed by atoms with Crippen LogP contribution in [0.5, 0.6) is 0 Å². The summed E-state index contributed by atoms with van der Waals surface area (Å²) in [5, 5.41) is 0. The van der Waals surface area contributed by atoms with Crippen LogP contribution in [0.3, 0.4) is 0 Å². The van der Waals surface area contributed by atoms with Crippen molar-refractivity contribution in [3.8, 4) is 0 Å². The Labute approximate surface area is 47.4 Å². The molecule has 36 valence electrons. The second kappa shape index (κ2) is 2.81. The molecule has 0 atom stereocenters. The summed E-state index contributed by atoms with van der Waals surface area (Å²) in [5.74, 6) is 0. The molecule has 3 heteroatoms. The summed E-state index contributed by atoms with van der Waals surface area (Å²) in [6, 6.07) is 0. The van der Waals surface area contributed by atoms with Crippen molar-refractivity contribution in [3.05, 3.63) is 0 Å². The van der Waals surface area contributed by atoms with Gasteiger partial charge in [-0.1, -0.05) is 0 Å². The van der Waals surface area contributed by atoms with Gasteiger partial charge in [0.15, 0.2) is 0 Å². The first-order chi connectivity index (χ1) is 3.00. The van der Waals surface area contributed by atoms with Gasteiger partial charge in [0.05, 0.1) is 0 Å². The third-order valence-electron chi connectivity index (χ3n) is 0.552. The summed E-state index contributed by atoms with van der Waals surface area (Å²) in [7, 11) is 0. The molecule has 0 N–H and O–H groups in total. The van der Waals surface area contributed by atoms with Gasteiger partial charge in [0, 0.05) is 0 Å². The predicted octanol–water partition coefficient (Wildman–Crippen LogP) is 0.376. The summed E-state index contributed by atoms with van der Waals surface area (Å²) >= 11 is -0.150. The standard InChI is InChI=1S/C3H6O2Te/c1-2-4-5-6-3-1/h1-3H2. The Hall–Kier alpha value is 0.710. The molecule has 0 aliphatic carbocycles. The monoisotopic (exact) mass is 204 g/mol. The number of hydrogen-bond acceptors (Lipinski definition) is 2. The molecule has 6 heavy (non-hydrogen) atoms. The summed E-state index contributed by atoms with van der Waals surface area (Å²) < 4.78 is 5.98. The molecule has 1 rings (SSSR count). The average molecular weight is 202 g/mol. The van der Waals surface area contributed by atoms with E-state index in [4.69, 9.17) is 3.25 Å². The normalized spacial score (nSPS) is 24.0. The van der Waals surface area contributed by atoms with E-state index in [-0.39, 0.29) is 21.3 Å². The van der Waals surface area contributed by atoms with E-state index in [1.807, 2.05) is 0 Å². The fourth-order valence-corrected chi connectivity index (χ4v) is 1.53. The molecule has 0 amide bonds. The second-order valence-electron chi connectivity index (χ2n) is 1.07. The Kier molecular flexibility index (Phi) is 2.28. The molecule has 0 spiro atoms. The average Bonchev–Trinajstić information content (AvgIpc) is 1.72. The molecular weight excluding hydrogens is 196 g/mol. The van der Waals surface area contributed by atoms with Gasteiger partial charge in [0.2, 0.25) is 0 Å². The Balaban J connectivity index is 2.00. The van der Waals surface area contributed by atoms with Gasteiger partial charge >= 0.3 is 47.0 Å². The summed E-state index contributed by atoms with van der Waals surface area (Å²) in [5.41, 5.74) is 0. The molecule has 0 radical (unpaired) electrons. The fraction of sp³-hybridized carbons (Fsp3) is 1.00. The van der Waals surface area contributed by atoms with Crippen LogP contribution in [0.1, 0.15) is 6.42 Å². The van der Waals surface area contributed by atoms with Crippen LogP contribution in [0, 0.1) is 0 Å². The van der Waals surface area contributed by atoms with E-state index in [9.17, 15) is 0 Å². The maximum atomic E-state index is 4.70. The van der Waals surface area contributed by atoms with Crippen LogP contribution < -0.4 is 0 Å². The Morgan fingerprint density at radius 3 is 2.67 bits per heavy atom. The molecule has 1 heterocycles. The molecular formula is C3H6O2Te. The van der Waals surface area contributed by atoms with E-state index in [1.54, 1.807) is 0 Å². The van der Waals surface area contributed by atoms with E-state index in [0.29, 0.717) is 0 Å². The van der Waals surface area contributed by atoms with Crippen LogP contribution in [0.15, 0.2) is 0 Å². The van der Waals surface area contributed by atoms with Crippen LogP contribution >= 0.6 is 0 Å². The Bertz CT molecular complexity index is 24.3. The van der Waals surface area contributed by atoms with Crippen LogP contribution in [0.25, 0.3) is 0 Å². The maximum absolute atomic E-state index is 4.70. The summed E-state index contributed by atoms with van der Waals surface area (Å²) in [4.78, 5) is 4.63. The van der Waals surface area contributed by atoms with Crippen molar-refractivity contribution in [1.82, 2.24) is 0 Å². The minimum atomic E-state index is -0.150. The topological polar surface area (TPSA) is 18.5 Å². The second-order valence-corrected chi connectivity index (χ2v) is 3.29. The molecule has 0 bridgehead atoms. The molecule has 1 saturated heterocycles. The first-order valence-corrected chi connectivity index (χ1v) is 4.51. The van der Waals surface area contributed by atoms with Gasteiger partial charge < -0.3 is 0 Å². The van der Waals surface area contributed by atoms with E-state index >= 15 is 0 Å². The molecule has 0 aromatic rings. The molecule has 1 aliphatic rings. The van der Waals surface area contributed by atoms with Crippen molar-refractivity contribution < 1.29 is 8.14 Å². The van der Waals surface area contributed by atoms with Crippen molar-refractivity contribution >= 4 is 21.3 Å². The molecule has 2 nitrogen and oxygen atoms in total. The molecule has 1 fully saturated rings. The first-order valence-electron chi connectivity index (χ1n) is 1.91. The van der Waals surface area contributed by atoms with Crippen molar-refractivity contribution in [2.24, 2.45) is 0 Å². The quantitative estimate of drug-likeness (QED) is 0.417. The van der Waals surface area contributed by atoms with Crippen LogP contribution in [0.4, 0.5) is 0 Å². The van der Waals surface area contributed by atoms with Gasteiger partial charge in [-0.3, -0.25) is 0 Å². The van der Waals surface area contributed by atoms with Gasteiger partial charge in [-0.15, -0.1) is 0 Å². The van der Waals surface area contributed by atoms with Gasteiger partial charge in [-0.05, 0) is 0 Å². The van der Waals surface area contributed by atoms with E-state index in [2.05, 4.69) is 4.89 Å². The van der Waals surface area contributed by atoms with Crippen molar-refractivity contribution in [2.75, 3.05) is 6.61 Å². The zero-order valence-corrected chi connectivity index (χ0v) is 5.68. The zero-order valence-electron chi connectivity index (χ0n) is 3.35. The first kappa shape index (κ1) is 4.86. The fourth-order valence-electron chi connectivity index (χ4n) is 0.279. The van der Waals surface area contributed by atoms with Gasteiger partial charge in [-0.25, -0.2) is 0 Å². The van der Waals surface area contributed by atoms with Gasteiger partial charge in [-0.2, -0.15) is 0 Å². The van der Waals surface area contributed by atoms with Crippen molar-refractivity contribution in [2.45, 2.75) is 10.9 Å². The van der Waals surface area contributed by atoms with Gasteiger partial charge in [0.1, 0.15) is 0 Å². The zero-order chi connectivity index (χ0) is 4.24. The van der Waals surface area contributed by atoms with E-state index in [1.165, 1.54) is 10.9 Å². The number of rotatable bonds is 0. The SMILES string of the molecule is C1COO[Te]C1.